The molecule has 0 spiro atoms. The minimum atomic E-state index is -3.76. The Labute approximate surface area is 150 Å². The summed E-state index contributed by atoms with van der Waals surface area (Å²) in [7, 11) is -2.23. The monoisotopic (exact) mass is 370 g/mol. The van der Waals surface area contributed by atoms with Crippen LogP contribution in [-0.4, -0.2) is 65.1 Å². The van der Waals surface area contributed by atoms with Crippen LogP contribution in [0.15, 0.2) is 23.1 Å². The van der Waals surface area contributed by atoms with Gasteiger partial charge in [-0.1, -0.05) is 0 Å². The molecule has 8 heteroatoms. The van der Waals surface area contributed by atoms with Crippen LogP contribution in [-0.2, 0) is 14.8 Å². The molecule has 1 aliphatic rings. The summed E-state index contributed by atoms with van der Waals surface area (Å²) in [6, 6.07) is 3.84. The number of carbonyl (C=O) groups excluding carboxylic acids is 1. The highest BCUT2D eigenvalue weighted by atomic mass is 32.2. The molecular formula is C17H28N3O4S+. The molecule has 1 aromatic carbocycles. The molecule has 140 valence electrons. The largest absolute Gasteiger partial charge is 0.496 e. The van der Waals surface area contributed by atoms with Crippen LogP contribution < -0.4 is 14.4 Å². The van der Waals surface area contributed by atoms with Gasteiger partial charge < -0.3 is 14.5 Å². The van der Waals surface area contributed by atoms with E-state index in [0.29, 0.717) is 18.8 Å². The van der Waals surface area contributed by atoms with Crippen LogP contribution in [0.4, 0.5) is 0 Å². The van der Waals surface area contributed by atoms with Crippen LogP contribution in [0.5, 0.6) is 5.75 Å². The number of sulfonamides is 1. The molecule has 1 saturated heterocycles. The van der Waals surface area contributed by atoms with E-state index in [-0.39, 0.29) is 10.8 Å². The van der Waals surface area contributed by atoms with Crippen molar-refractivity contribution < 1.29 is 22.8 Å². The number of amides is 1. The quantitative estimate of drug-likeness (QED) is 0.702. The van der Waals surface area contributed by atoms with Gasteiger partial charge in [0, 0.05) is 0 Å². The van der Waals surface area contributed by atoms with Crippen LogP contribution >= 0.6 is 0 Å². The van der Waals surface area contributed by atoms with Crippen molar-refractivity contribution in [3.05, 3.63) is 23.8 Å². The SMILES string of the molecule is CC[NH+]1CCN(C(=O)[C@@H](C)NS(=O)(=O)c2ccc(OC)c(C)c2)CC1. The highest BCUT2D eigenvalue weighted by Gasteiger charge is 2.29. The zero-order valence-corrected chi connectivity index (χ0v) is 16.1. The second-order valence-corrected chi connectivity index (χ2v) is 8.12. The molecule has 0 radical (unpaired) electrons. The number of aryl methyl sites for hydroxylation is 1. The summed E-state index contributed by atoms with van der Waals surface area (Å²) in [6.45, 7) is 9.67. The number of rotatable bonds is 6. The maximum Gasteiger partial charge on any atom is 0.241 e. The number of methoxy groups -OCH3 is 1. The summed E-state index contributed by atoms with van der Waals surface area (Å²) in [6.07, 6.45) is 0. The molecule has 1 amide bonds. The second-order valence-electron chi connectivity index (χ2n) is 6.40. The first-order valence-electron chi connectivity index (χ1n) is 8.57. The molecule has 1 aromatic rings. The van der Waals surface area contributed by atoms with Gasteiger partial charge in [-0.3, -0.25) is 4.79 Å². The molecule has 0 unspecified atom stereocenters. The van der Waals surface area contributed by atoms with Crippen molar-refractivity contribution in [3.8, 4) is 5.75 Å². The third-order valence-electron chi connectivity index (χ3n) is 4.66. The standard InChI is InChI=1S/C17H27N3O4S/c1-5-19-8-10-20(11-9-19)17(21)14(3)18-25(22,23)15-6-7-16(24-4)13(2)12-15/h6-7,12,14,18H,5,8-11H2,1-4H3/p+1/t14-/m1/s1. The van der Waals surface area contributed by atoms with Gasteiger partial charge >= 0.3 is 0 Å². The van der Waals surface area contributed by atoms with Crippen molar-refractivity contribution in [2.75, 3.05) is 39.8 Å². The number of hydrogen-bond donors (Lipinski definition) is 2. The van der Waals surface area contributed by atoms with E-state index in [4.69, 9.17) is 4.74 Å². The average molecular weight is 370 g/mol. The lowest BCUT2D eigenvalue weighted by Crippen LogP contribution is -3.14. The van der Waals surface area contributed by atoms with E-state index in [9.17, 15) is 13.2 Å². The smallest absolute Gasteiger partial charge is 0.241 e. The van der Waals surface area contributed by atoms with Gasteiger partial charge in [0.15, 0.2) is 0 Å². The first kappa shape index (κ1) is 19.7. The molecule has 2 N–H and O–H groups in total. The van der Waals surface area contributed by atoms with Crippen molar-refractivity contribution in [3.63, 3.8) is 0 Å². The van der Waals surface area contributed by atoms with Crippen LogP contribution in [0.25, 0.3) is 0 Å². The zero-order chi connectivity index (χ0) is 18.6. The van der Waals surface area contributed by atoms with Crippen molar-refractivity contribution in [1.82, 2.24) is 9.62 Å². The van der Waals surface area contributed by atoms with E-state index in [2.05, 4.69) is 11.6 Å². The van der Waals surface area contributed by atoms with Gasteiger partial charge in [-0.05, 0) is 44.5 Å². The van der Waals surface area contributed by atoms with Gasteiger partial charge in [-0.15, -0.1) is 0 Å². The number of nitrogens with zero attached hydrogens (tertiary/aromatic N) is 1. The average Bonchev–Trinajstić information content (AvgIpc) is 2.60. The Morgan fingerprint density at radius 2 is 2.00 bits per heavy atom. The van der Waals surface area contributed by atoms with Crippen LogP contribution in [0.1, 0.15) is 19.4 Å². The van der Waals surface area contributed by atoms with E-state index >= 15 is 0 Å². The Balaban J connectivity index is 2.04. The molecule has 0 saturated carbocycles. The Morgan fingerprint density at radius 3 is 2.52 bits per heavy atom. The van der Waals surface area contributed by atoms with Gasteiger partial charge in [0.1, 0.15) is 5.75 Å². The highest BCUT2D eigenvalue weighted by molar-refractivity contribution is 7.89. The van der Waals surface area contributed by atoms with Gasteiger partial charge in [0.05, 0.1) is 50.8 Å². The molecule has 7 nitrogen and oxygen atoms in total. The molecule has 0 aliphatic carbocycles. The zero-order valence-electron chi connectivity index (χ0n) is 15.3. The molecule has 1 aliphatic heterocycles. The van der Waals surface area contributed by atoms with Crippen LogP contribution in [0, 0.1) is 6.92 Å². The Kier molecular flexibility index (Phi) is 6.42. The molecular weight excluding hydrogens is 342 g/mol. The van der Waals surface area contributed by atoms with Crippen molar-refractivity contribution in [1.29, 1.82) is 0 Å². The predicted molar refractivity (Wildman–Crippen MR) is 95.3 cm³/mol. The molecule has 25 heavy (non-hydrogen) atoms. The molecule has 0 aromatic heterocycles. The van der Waals surface area contributed by atoms with E-state index < -0.39 is 16.1 Å². The first-order chi connectivity index (χ1) is 11.8. The third-order valence-corrected chi connectivity index (χ3v) is 6.20. The third kappa shape index (κ3) is 4.71. The normalized spacial score (nSPS) is 17.4. The summed E-state index contributed by atoms with van der Waals surface area (Å²) in [4.78, 5) is 15.9. The maximum absolute atomic E-state index is 12.6. The van der Waals surface area contributed by atoms with Crippen LogP contribution in [0.2, 0.25) is 0 Å². The summed E-state index contributed by atoms with van der Waals surface area (Å²) in [5.41, 5.74) is 0.725. The number of carbonyl (C=O) groups is 1. The minimum Gasteiger partial charge on any atom is -0.496 e. The summed E-state index contributed by atoms with van der Waals surface area (Å²) < 4.78 is 32.8. The predicted octanol–water partition coefficient (Wildman–Crippen LogP) is -0.583. The Morgan fingerprint density at radius 1 is 1.36 bits per heavy atom. The molecule has 0 bridgehead atoms. The number of hydrogen-bond acceptors (Lipinski definition) is 4. The first-order valence-corrected chi connectivity index (χ1v) is 10.1. The van der Waals surface area contributed by atoms with Crippen molar-refractivity contribution in [2.45, 2.75) is 31.7 Å². The van der Waals surface area contributed by atoms with Crippen molar-refractivity contribution in [2.24, 2.45) is 0 Å². The second kappa shape index (κ2) is 8.16. The van der Waals surface area contributed by atoms with E-state index in [0.717, 1.165) is 25.2 Å². The molecule has 1 atom stereocenters. The van der Waals surface area contributed by atoms with Crippen LogP contribution in [0.3, 0.4) is 0 Å². The number of piperazine rings is 1. The lowest BCUT2D eigenvalue weighted by atomic mass is 10.2. The van der Waals surface area contributed by atoms with Gasteiger partial charge in [0.2, 0.25) is 15.9 Å². The topological polar surface area (TPSA) is 80.2 Å². The maximum atomic E-state index is 12.6. The number of ether oxygens (including phenoxy) is 1. The lowest BCUT2D eigenvalue weighted by molar-refractivity contribution is -0.902. The fraction of sp³-hybridized carbons (Fsp3) is 0.588. The molecule has 1 fully saturated rings. The van der Waals surface area contributed by atoms with Crippen molar-refractivity contribution >= 4 is 15.9 Å². The van der Waals surface area contributed by atoms with Gasteiger partial charge in [-0.25, -0.2) is 8.42 Å². The fourth-order valence-electron chi connectivity index (χ4n) is 3.04. The van der Waals surface area contributed by atoms with E-state index in [1.807, 2.05) is 0 Å². The minimum absolute atomic E-state index is 0.130. The summed E-state index contributed by atoms with van der Waals surface area (Å²) in [5.74, 6) is 0.448. The number of benzene rings is 1. The molecule has 2 rings (SSSR count). The highest BCUT2D eigenvalue weighted by Crippen LogP contribution is 2.21. The Hall–Kier alpha value is -1.64. The van der Waals surface area contributed by atoms with E-state index in [1.54, 1.807) is 30.9 Å². The molecule has 1 heterocycles. The number of nitrogens with one attached hydrogen (secondary N) is 2. The van der Waals surface area contributed by atoms with E-state index in [1.165, 1.54) is 18.1 Å². The lowest BCUT2D eigenvalue weighted by Gasteiger charge is -2.33. The number of quaternary nitrogens is 1. The van der Waals surface area contributed by atoms with Gasteiger partial charge in [-0.2, -0.15) is 4.72 Å². The summed E-state index contributed by atoms with van der Waals surface area (Å²) in [5, 5.41) is 0. The summed E-state index contributed by atoms with van der Waals surface area (Å²) >= 11 is 0. The number of likely N-dealkylation sites (N-methyl/N-ethyl adjacent to an activating group) is 1. The fourth-order valence-corrected chi connectivity index (χ4v) is 4.32. The van der Waals surface area contributed by atoms with Gasteiger partial charge in [0.25, 0.3) is 0 Å². The Bertz CT molecular complexity index is 713.